The smallest absolute Gasteiger partial charge is 0.294 e. The average Bonchev–Trinajstić information content (AvgIpc) is 3.58. The fourth-order valence-corrected chi connectivity index (χ4v) is 8.84. The number of nitrogens with zero attached hydrogens (tertiary/aromatic N) is 2. The number of halogens is 1. The van der Waals surface area contributed by atoms with E-state index in [9.17, 15) is 19.8 Å². The lowest BCUT2D eigenvalue weighted by molar-refractivity contribution is -0.223. The fraction of sp³-hybridized carbons (Fsp3) is 0.556. The van der Waals surface area contributed by atoms with Crippen molar-refractivity contribution in [2.45, 2.75) is 63.8 Å². The van der Waals surface area contributed by atoms with Gasteiger partial charge < -0.3 is 14.6 Å². The minimum absolute atomic E-state index is 0.0454. The summed E-state index contributed by atoms with van der Waals surface area (Å²) in [6.45, 7) is 5.66. The molecule has 0 spiro atoms. The largest absolute Gasteiger partial charge is 0.438 e. The summed E-state index contributed by atoms with van der Waals surface area (Å²) in [6.07, 6.45) is 7.38. The number of carbonyl (C=O) groups is 2. The molecule has 196 valence electrons. The van der Waals surface area contributed by atoms with Crippen LogP contribution in [0.3, 0.4) is 0 Å². The van der Waals surface area contributed by atoms with Crippen LogP contribution in [0.5, 0.6) is 0 Å². The van der Waals surface area contributed by atoms with Crippen LogP contribution in [-0.4, -0.2) is 43.6 Å². The molecular weight excluding hydrogens is 497 g/mol. The molecule has 37 heavy (non-hydrogen) atoms. The molecule has 3 N–H and O–H groups in total. The number of hydrogen-bond donors (Lipinski definition) is 3. The zero-order chi connectivity index (χ0) is 26.4. The summed E-state index contributed by atoms with van der Waals surface area (Å²) in [5.41, 5.74) is -4.17. The molecule has 3 saturated carbocycles. The third-order valence-corrected chi connectivity index (χ3v) is 10.8. The number of allylic oxidation sites excluding steroid dienone is 4. The third-order valence-electron chi connectivity index (χ3n) is 9.99. The van der Waals surface area contributed by atoms with Gasteiger partial charge in [-0.05, 0) is 56.6 Å². The number of fused-ring (bicyclic) bond motifs is 5. The van der Waals surface area contributed by atoms with Gasteiger partial charge in [-0.15, -0.1) is 11.3 Å². The molecule has 10 heteroatoms. The highest BCUT2D eigenvalue weighted by molar-refractivity contribution is 7.14. The van der Waals surface area contributed by atoms with Crippen LogP contribution in [0.25, 0.3) is 0 Å². The van der Waals surface area contributed by atoms with Crippen LogP contribution >= 0.6 is 11.3 Å². The highest BCUT2D eigenvalue weighted by atomic mass is 32.1. The van der Waals surface area contributed by atoms with Crippen molar-refractivity contribution in [1.29, 1.82) is 0 Å². The van der Waals surface area contributed by atoms with Gasteiger partial charge in [0, 0.05) is 22.1 Å². The first-order valence-corrected chi connectivity index (χ1v) is 13.5. The molecule has 0 unspecified atom stereocenters. The van der Waals surface area contributed by atoms with Gasteiger partial charge in [-0.3, -0.25) is 14.9 Å². The van der Waals surface area contributed by atoms with Crippen molar-refractivity contribution in [2.75, 3.05) is 5.32 Å². The highest BCUT2D eigenvalue weighted by Crippen LogP contribution is 2.72. The predicted molar refractivity (Wildman–Crippen MR) is 133 cm³/mol. The number of rotatable bonds is 3. The van der Waals surface area contributed by atoms with E-state index in [1.54, 1.807) is 18.4 Å². The average molecular weight is 528 g/mol. The molecule has 2 heterocycles. The van der Waals surface area contributed by atoms with Gasteiger partial charge in [-0.25, -0.2) is 14.4 Å². The standard InChI is InChI=1S/C27H30FN3O5S/c1-14-8-18-17-5-4-15-9-16(32)6-7-24(15,2)26(17,28)21(33)10-25(18,3)27(14,35)20-12-37-23(30-20)31-22(34)19-11-29-13-36-19/h6-7,9,11-14,17-18,21,33,35H,4-5,8,10H2,1-3H3,(H,30,31,34)/t14-,17+,18+,21+,24+,25+,26+,27+/m1/s1. The minimum Gasteiger partial charge on any atom is -0.438 e. The zero-order valence-electron chi connectivity index (χ0n) is 20.9. The number of hydrogen-bond acceptors (Lipinski definition) is 8. The Morgan fingerprint density at radius 1 is 1.32 bits per heavy atom. The van der Waals surface area contributed by atoms with Crippen molar-refractivity contribution >= 4 is 28.2 Å². The highest BCUT2D eigenvalue weighted by Gasteiger charge is 2.74. The SMILES string of the molecule is C[C@@H]1C[C@H]2[C@@H]3CCC4=CC(=O)C=C[C@]4(C)[C@@]3(F)[C@@H](O)C[C@]2(C)[C@@]1(O)c1csc(NC(=O)c2cnco2)n1. The summed E-state index contributed by atoms with van der Waals surface area (Å²) in [6, 6.07) is 0. The lowest BCUT2D eigenvalue weighted by Crippen LogP contribution is -2.68. The van der Waals surface area contributed by atoms with Crippen molar-refractivity contribution in [2.24, 2.45) is 28.6 Å². The minimum atomic E-state index is -1.96. The normalized spacial score (nSPS) is 42.5. The van der Waals surface area contributed by atoms with Gasteiger partial charge in [0.15, 0.2) is 23.0 Å². The maximum atomic E-state index is 17.3. The Morgan fingerprint density at radius 3 is 2.84 bits per heavy atom. The van der Waals surface area contributed by atoms with E-state index in [0.717, 1.165) is 12.0 Å². The van der Waals surface area contributed by atoms with Gasteiger partial charge in [-0.2, -0.15) is 0 Å². The van der Waals surface area contributed by atoms with Crippen LogP contribution in [0.2, 0.25) is 0 Å². The van der Waals surface area contributed by atoms with Crippen molar-refractivity contribution in [1.82, 2.24) is 9.97 Å². The van der Waals surface area contributed by atoms with Gasteiger partial charge in [0.05, 0.1) is 18.0 Å². The van der Waals surface area contributed by atoms with E-state index >= 15 is 4.39 Å². The van der Waals surface area contributed by atoms with Gasteiger partial charge >= 0.3 is 0 Å². The molecular formula is C27H30FN3O5S. The van der Waals surface area contributed by atoms with Crippen LogP contribution in [0.15, 0.2) is 46.2 Å². The Bertz CT molecular complexity index is 1340. The first kappa shape index (κ1) is 24.6. The molecule has 0 aromatic carbocycles. The molecule has 4 aliphatic carbocycles. The van der Waals surface area contributed by atoms with E-state index in [0.29, 0.717) is 30.1 Å². The van der Waals surface area contributed by atoms with Crippen LogP contribution in [0, 0.1) is 28.6 Å². The number of amides is 1. The molecule has 3 fully saturated rings. The van der Waals surface area contributed by atoms with Gasteiger partial charge in [0.1, 0.15) is 5.60 Å². The second-order valence-electron chi connectivity index (χ2n) is 11.5. The van der Waals surface area contributed by atoms with E-state index in [4.69, 9.17) is 4.42 Å². The number of aliphatic hydroxyl groups excluding tert-OH is 1. The fourth-order valence-electron chi connectivity index (χ4n) is 8.09. The van der Waals surface area contributed by atoms with E-state index in [-0.39, 0.29) is 29.8 Å². The number of thiazole rings is 1. The number of nitrogens with one attached hydrogen (secondary N) is 1. The van der Waals surface area contributed by atoms with Crippen LogP contribution in [-0.2, 0) is 10.4 Å². The van der Waals surface area contributed by atoms with E-state index in [2.05, 4.69) is 15.3 Å². The van der Waals surface area contributed by atoms with E-state index < -0.39 is 40.0 Å². The quantitative estimate of drug-likeness (QED) is 0.547. The summed E-state index contributed by atoms with van der Waals surface area (Å²) in [4.78, 5) is 32.8. The first-order chi connectivity index (χ1) is 17.4. The Morgan fingerprint density at radius 2 is 2.11 bits per heavy atom. The number of oxazole rings is 1. The summed E-state index contributed by atoms with van der Waals surface area (Å²) < 4.78 is 22.4. The van der Waals surface area contributed by atoms with Crippen LogP contribution in [0.4, 0.5) is 9.52 Å². The summed E-state index contributed by atoms with van der Waals surface area (Å²) in [5, 5.41) is 28.6. The zero-order valence-corrected chi connectivity index (χ0v) is 21.7. The predicted octanol–water partition coefficient (Wildman–Crippen LogP) is 4.19. The van der Waals surface area contributed by atoms with Gasteiger partial charge in [-0.1, -0.05) is 25.5 Å². The number of aliphatic hydroxyl groups is 2. The molecule has 4 aliphatic rings. The lowest BCUT2D eigenvalue weighted by Gasteiger charge is -2.62. The van der Waals surface area contributed by atoms with Crippen molar-refractivity contribution in [3.8, 4) is 0 Å². The molecule has 0 aliphatic heterocycles. The molecule has 6 rings (SSSR count). The number of carbonyl (C=O) groups excluding carboxylic acids is 2. The maximum Gasteiger partial charge on any atom is 0.294 e. The summed E-state index contributed by atoms with van der Waals surface area (Å²) in [5.74, 6) is -1.57. The van der Waals surface area contributed by atoms with Gasteiger partial charge in [0.25, 0.3) is 5.91 Å². The lowest BCUT2D eigenvalue weighted by atomic mass is 9.44. The molecule has 8 nitrogen and oxygen atoms in total. The summed E-state index contributed by atoms with van der Waals surface area (Å²) >= 11 is 1.19. The van der Waals surface area contributed by atoms with Crippen molar-refractivity contribution in [3.63, 3.8) is 0 Å². The Balaban J connectivity index is 1.35. The molecule has 8 atom stereocenters. The van der Waals surface area contributed by atoms with Crippen molar-refractivity contribution < 1.29 is 28.6 Å². The molecule has 0 saturated heterocycles. The Labute approximate surface area is 217 Å². The second kappa shape index (κ2) is 7.91. The maximum absolute atomic E-state index is 17.3. The van der Waals surface area contributed by atoms with Crippen molar-refractivity contribution in [3.05, 3.63) is 53.2 Å². The first-order valence-electron chi connectivity index (χ1n) is 12.6. The summed E-state index contributed by atoms with van der Waals surface area (Å²) in [7, 11) is 0. The molecule has 2 aromatic rings. The molecule has 0 bridgehead atoms. The number of ketones is 1. The van der Waals surface area contributed by atoms with Crippen LogP contribution in [0.1, 0.15) is 62.7 Å². The van der Waals surface area contributed by atoms with Gasteiger partial charge in [0.2, 0.25) is 5.76 Å². The molecule has 1 amide bonds. The monoisotopic (exact) mass is 527 g/mol. The second-order valence-corrected chi connectivity index (χ2v) is 12.4. The number of aromatic nitrogens is 2. The van der Waals surface area contributed by atoms with E-state index in [1.807, 2.05) is 13.8 Å². The topological polar surface area (TPSA) is 126 Å². The van der Waals surface area contributed by atoms with Crippen LogP contribution < -0.4 is 5.32 Å². The molecule has 0 radical (unpaired) electrons. The number of alkyl halides is 1. The Kier molecular flexibility index (Phi) is 5.27. The van der Waals surface area contributed by atoms with E-state index in [1.165, 1.54) is 29.7 Å². The number of anilines is 1. The molecule has 2 aromatic heterocycles. The Hall–Kier alpha value is -2.69. The third kappa shape index (κ3) is 3.06.